The molecule has 0 fully saturated rings. The molecule has 150 valence electrons. The largest absolute Gasteiger partial charge is 0.465 e. The lowest BCUT2D eigenvalue weighted by molar-refractivity contribution is 0.200. The fraction of sp³-hybridized carbons (Fsp3) is 0.333. The van der Waals surface area contributed by atoms with Gasteiger partial charge in [-0.15, -0.1) is 11.6 Å². The number of benzene rings is 2. The van der Waals surface area contributed by atoms with Crippen molar-refractivity contribution in [1.82, 2.24) is 0 Å². The number of carbonyl (C=O) groups excluding carboxylic acids is 1. The molecule has 0 aliphatic rings. The molecule has 1 N–H and O–H groups in total. The van der Waals surface area contributed by atoms with E-state index in [0.717, 1.165) is 23.4 Å². The average Bonchev–Trinajstić information content (AvgIpc) is 2.69. The number of hydrogen-bond acceptors (Lipinski definition) is 3. The topological polar surface area (TPSA) is 70.1 Å². The van der Waals surface area contributed by atoms with E-state index in [9.17, 15) is 14.7 Å². The molecule has 1 unspecified atom stereocenters. The summed E-state index contributed by atoms with van der Waals surface area (Å²) in [4.78, 5) is 27.1. The Morgan fingerprint density at radius 1 is 1.11 bits per heavy atom. The Morgan fingerprint density at radius 3 is 2.39 bits per heavy atom. The average molecular weight is 405 g/mol. The first-order valence-corrected chi connectivity index (χ1v) is 9.74. The Balaban J connectivity index is 2.23. The van der Waals surface area contributed by atoms with Crippen LogP contribution < -0.4 is 14.5 Å². The van der Waals surface area contributed by atoms with E-state index < -0.39 is 18.2 Å². The van der Waals surface area contributed by atoms with Gasteiger partial charge in [0, 0.05) is 24.2 Å². The highest BCUT2D eigenvalue weighted by Gasteiger charge is 2.22. The minimum Gasteiger partial charge on any atom is -0.465 e. The minimum absolute atomic E-state index is 0.148. The van der Waals surface area contributed by atoms with Crippen molar-refractivity contribution in [2.45, 2.75) is 32.7 Å². The van der Waals surface area contributed by atoms with Crippen LogP contribution in [-0.2, 0) is 0 Å². The molecule has 0 aromatic heterocycles. The van der Waals surface area contributed by atoms with E-state index in [0.29, 0.717) is 12.2 Å². The molecule has 2 amide bonds. The van der Waals surface area contributed by atoms with E-state index in [1.165, 1.54) is 6.07 Å². The number of carbonyl (C=O) groups is 2. The molecule has 0 heterocycles. The Labute approximate surface area is 170 Å². The number of halogens is 1. The van der Waals surface area contributed by atoms with Crippen molar-refractivity contribution in [3.8, 4) is 5.75 Å². The number of rotatable bonds is 8. The molecule has 6 nitrogen and oxygen atoms in total. The van der Waals surface area contributed by atoms with Crippen molar-refractivity contribution in [2.75, 3.05) is 22.2 Å². The summed E-state index contributed by atoms with van der Waals surface area (Å²) >= 11 is 5.83. The van der Waals surface area contributed by atoms with Gasteiger partial charge in [-0.1, -0.05) is 37.6 Å². The third-order valence-electron chi connectivity index (χ3n) is 4.19. The molecular formula is C21H25ClN2O4. The van der Waals surface area contributed by atoms with Gasteiger partial charge in [-0.2, -0.15) is 0 Å². The third kappa shape index (κ3) is 5.63. The maximum Gasteiger partial charge on any atom is 0.419 e. The van der Waals surface area contributed by atoms with Crippen LogP contribution in [-0.4, -0.2) is 35.8 Å². The zero-order valence-electron chi connectivity index (χ0n) is 16.0. The Kier molecular flexibility index (Phi) is 8.14. The molecular weight excluding hydrogens is 380 g/mol. The number of carboxylic acid groups (broad SMARTS) is 1. The lowest BCUT2D eigenvalue weighted by Crippen LogP contribution is -2.39. The number of amides is 2. The Bertz CT molecular complexity index is 785. The summed E-state index contributed by atoms with van der Waals surface area (Å²) < 4.78 is 5.55. The van der Waals surface area contributed by atoms with Crippen molar-refractivity contribution < 1.29 is 19.4 Å². The predicted molar refractivity (Wildman–Crippen MR) is 112 cm³/mol. The molecule has 0 spiro atoms. The summed E-state index contributed by atoms with van der Waals surface area (Å²) in [6, 6.07) is 15.3. The SMILES string of the molecule is CCCCN(C(=O)Oc1cccc(N(C(=O)O)C(C)CCl)c1)c1ccccc1. The molecule has 0 bridgehead atoms. The molecule has 0 aliphatic heterocycles. The van der Waals surface area contributed by atoms with Crippen LogP contribution in [0.2, 0.25) is 0 Å². The molecule has 0 radical (unpaired) electrons. The lowest BCUT2D eigenvalue weighted by atomic mass is 10.2. The van der Waals surface area contributed by atoms with Crippen molar-refractivity contribution >= 4 is 35.2 Å². The van der Waals surface area contributed by atoms with Crippen LogP contribution >= 0.6 is 11.6 Å². The van der Waals surface area contributed by atoms with E-state index in [1.807, 2.05) is 30.3 Å². The van der Waals surface area contributed by atoms with Crippen molar-refractivity contribution in [3.63, 3.8) is 0 Å². The van der Waals surface area contributed by atoms with E-state index in [2.05, 4.69) is 6.92 Å². The van der Waals surface area contributed by atoms with Gasteiger partial charge in [0.1, 0.15) is 5.75 Å². The summed E-state index contributed by atoms with van der Waals surface area (Å²) in [6.45, 7) is 4.29. The van der Waals surface area contributed by atoms with Gasteiger partial charge < -0.3 is 9.84 Å². The van der Waals surface area contributed by atoms with Gasteiger partial charge >= 0.3 is 12.2 Å². The van der Waals surface area contributed by atoms with Gasteiger partial charge in [0.25, 0.3) is 0 Å². The standard InChI is InChI=1S/C21H25ClN2O4/c1-3-4-13-23(17-9-6-5-7-10-17)21(27)28-19-12-8-11-18(14-19)24(20(25)26)16(2)15-22/h5-12,14,16H,3-4,13,15H2,1-2H3,(H,25,26). The van der Waals surface area contributed by atoms with Crippen LogP contribution in [0.15, 0.2) is 54.6 Å². The second-order valence-corrected chi connectivity index (χ2v) is 6.67. The molecule has 0 saturated carbocycles. The van der Waals surface area contributed by atoms with Crippen LogP contribution in [0.25, 0.3) is 0 Å². The van der Waals surface area contributed by atoms with Gasteiger partial charge in [0.15, 0.2) is 0 Å². The summed E-state index contributed by atoms with van der Waals surface area (Å²) in [6.07, 6.45) is 0.148. The van der Waals surface area contributed by atoms with Gasteiger partial charge in [-0.3, -0.25) is 9.80 Å². The van der Waals surface area contributed by atoms with E-state index in [-0.39, 0.29) is 11.6 Å². The van der Waals surface area contributed by atoms with Crippen molar-refractivity contribution in [3.05, 3.63) is 54.6 Å². The fourth-order valence-corrected chi connectivity index (χ4v) is 2.86. The maximum atomic E-state index is 12.8. The smallest absolute Gasteiger partial charge is 0.419 e. The van der Waals surface area contributed by atoms with Crippen molar-refractivity contribution in [2.24, 2.45) is 0 Å². The molecule has 1 atom stereocenters. The second-order valence-electron chi connectivity index (χ2n) is 6.36. The summed E-state index contributed by atoms with van der Waals surface area (Å²) in [7, 11) is 0. The fourth-order valence-electron chi connectivity index (χ4n) is 2.73. The van der Waals surface area contributed by atoms with Crippen LogP contribution in [0, 0.1) is 0 Å². The molecule has 2 aromatic carbocycles. The molecule has 28 heavy (non-hydrogen) atoms. The Morgan fingerprint density at radius 2 is 1.79 bits per heavy atom. The van der Waals surface area contributed by atoms with Crippen molar-refractivity contribution in [1.29, 1.82) is 0 Å². The first-order valence-electron chi connectivity index (χ1n) is 9.20. The van der Waals surface area contributed by atoms with Gasteiger partial charge in [0.05, 0.1) is 11.7 Å². The van der Waals surface area contributed by atoms with Crippen LogP contribution in [0.5, 0.6) is 5.75 Å². The normalized spacial score (nSPS) is 11.5. The summed E-state index contributed by atoms with van der Waals surface area (Å²) in [5.41, 5.74) is 1.14. The highest BCUT2D eigenvalue weighted by Crippen LogP contribution is 2.25. The van der Waals surface area contributed by atoms with E-state index in [1.54, 1.807) is 30.0 Å². The minimum atomic E-state index is -1.12. The van der Waals surface area contributed by atoms with E-state index >= 15 is 0 Å². The summed E-state index contributed by atoms with van der Waals surface area (Å²) in [5, 5.41) is 9.49. The number of ether oxygens (including phenoxy) is 1. The molecule has 7 heteroatoms. The first kappa shape index (κ1) is 21.6. The highest BCUT2D eigenvalue weighted by atomic mass is 35.5. The third-order valence-corrected chi connectivity index (χ3v) is 4.64. The molecule has 2 rings (SSSR count). The zero-order valence-corrected chi connectivity index (χ0v) is 16.8. The molecule has 2 aromatic rings. The van der Waals surface area contributed by atoms with Crippen LogP contribution in [0.3, 0.4) is 0 Å². The number of anilines is 2. The van der Waals surface area contributed by atoms with Gasteiger partial charge in [-0.25, -0.2) is 9.59 Å². The van der Waals surface area contributed by atoms with E-state index in [4.69, 9.17) is 16.3 Å². The monoisotopic (exact) mass is 404 g/mol. The first-order chi connectivity index (χ1) is 13.5. The number of para-hydroxylation sites is 1. The van der Waals surface area contributed by atoms with Gasteiger partial charge in [0.2, 0.25) is 0 Å². The molecule has 0 aliphatic carbocycles. The zero-order chi connectivity index (χ0) is 20.5. The second kappa shape index (κ2) is 10.6. The molecule has 0 saturated heterocycles. The van der Waals surface area contributed by atoms with Crippen LogP contribution in [0.4, 0.5) is 21.0 Å². The number of unbranched alkanes of at least 4 members (excludes halogenated alkanes) is 1. The maximum absolute atomic E-state index is 12.8. The number of hydrogen-bond donors (Lipinski definition) is 1. The summed E-state index contributed by atoms with van der Waals surface area (Å²) in [5.74, 6) is 0.419. The van der Waals surface area contributed by atoms with Crippen LogP contribution in [0.1, 0.15) is 26.7 Å². The quantitative estimate of drug-likeness (QED) is 0.581. The van der Waals surface area contributed by atoms with Gasteiger partial charge in [-0.05, 0) is 37.6 Å². The lowest BCUT2D eigenvalue weighted by Gasteiger charge is -2.25. The predicted octanol–water partition coefficient (Wildman–Crippen LogP) is 5.60. The highest BCUT2D eigenvalue weighted by molar-refractivity contribution is 6.18. The Hall–Kier alpha value is -2.73. The number of nitrogens with zero attached hydrogens (tertiary/aromatic N) is 2. The number of alkyl halides is 1.